The molecule has 1 aromatic carbocycles. The first-order valence-electron chi connectivity index (χ1n) is 7.68. The Morgan fingerprint density at radius 2 is 1.81 bits per heavy atom. The molecule has 1 rings (SSSR count). The summed E-state index contributed by atoms with van der Waals surface area (Å²) in [6.07, 6.45) is -1.54. The summed E-state index contributed by atoms with van der Waals surface area (Å²) in [5.41, 5.74) is 4.78. The van der Waals surface area contributed by atoms with Crippen LogP contribution < -0.4 is 20.5 Å². The van der Waals surface area contributed by atoms with Crippen LogP contribution in [0, 0.1) is 0 Å². The molecule has 11 heteroatoms. The fourth-order valence-electron chi connectivity index (χ4n) is 1.79. The van der Waals surface area contributed by atoms with E-state index < -0.39 is 34.0 Å². The maximum Gasteiger partial charge on any atom is 0.318 e. The lowest BCUT2D eigenvalue weighted by atomic mass is 10.3. The number of nitrogens with two attached hydrogens (primary N) is 1. The number of ether oxygens (including phenoxy) is 2. The number of urea groups is 1. The van der Waals surface area contributed by atoms with Gasteiger partial charge < -0.3 is 15.2 Å². The molecule has 0 aromatic heterocycles. The molecule has 0 aliphatic carbocycles. The standard InChI is InChI=1S/C15H21N3O7S/c1-3-24-11-4-6-12(7-5-11)26(22,23)17-9-8-13(19)25-10(2)14(20)18-15(16)21/h4-7,10,17H,3,8-9H2,1-2H3,(H3,16,18,20,21). The number of hydrogen-bond acceptors (Lipinski definition) is 7. The number of benzene rings is 1. The summed E-state index contributed by atoms with van der Waals surface area (Å²) in [7, 11) is -3.80. The first kappa shape index (κ1) is 21.4. The van der Waals surface area contributed by atoms with Gasteiger partial charge in [0.25, 0.3) is 5.91 Å². The van der Waals surface area contributed by atoms with Gasteiger partial charge in [0.05, 0.1) is 17.9 Å². The average molecular weight is 387 g/mol. The quantitative estimate of drug-likeness (QED) is 0.499. The molecule has 144 valence electrons. The molecule has 0 spiro atoms. The van der Waals surface area contributed by atoms with E-state index in [2.05, 4.69) is 4.72 Å². The zero-order valence-electron chi connectivity index (χ0n) is 14.4. The molecular formula is C15H21N3O7S. The second-order valence-electron chi connectivity index (χ2n) is 5.04. The van der Waals surface area contributed by atoms with Crippen LogP contribution in [0.4, 0.5) is 4.79 Å². The van der Waals surface area contributed by atoms with Crippen molar-refractivity contribution in [1.82, 2.24) is 10.0 Å². The number of imide groups is 1. The van der Waals surface area contributed by atoms with Crippen LogP contribution in [0.25, 0.3) is 0 Å². The van der Waals surface area contributed by atoms with Gasteiger partial charge in [0.2, 0.25) is 10.0 Å². The second kappa shape index (κ2) is 9.73. The summed E-state index contributed by atoms with van der Waals surface area (Å²) >= 11 is 0. The summed E-state index contributed by atoms with van der Waals surface area (Å²) in [4.78, 5) is 33.5. The zero-order chi connectivity index (χ0) is 19.7. The molecule has 0 aliphatic rings. The van der Waals surface area contributed by atoms with Gasteiger partial charge in [-0.2, -0.15) is 0 Å². The summed E-state index contributed by atoms with van der Waals surface area (Å²) < 4.78 is 36.5. The van der Waals surface area contributed by atoms with Gasteiger partial charge >= 0.3 is 12.0 Å². The Bertz CT molecular complexity index is 747. The van der Waals surface area contributed by atoms with Gasteiger partial charge in [-0.05, 0) is 38.1 Å². The Kier molecular flexibility index (Phi) is 8.00. The Labute approximate surface area is 151 Å². The maximum atomic E-state index is 12.1. The molecule has 0 bridgehead atoms. The highest BCUT2D eigenvalue weighted by molar-refractivity contribution is 7.89. The summed E-state index contributed by atoms with van der Waals surface area (Å²) in [5, 5.41) is 1.76. The van der Waals surface area contributed by atoms with Crippen LogP contribution in [0.2, 0.25) is 0 Å². The SMILES string of the molecule is CCOc1ccc(S(=O)(=O)NCCC(=O)OC(C)C(=O)NC(N)=O)cc1. The average Bonchev–Trinajstić information content (AvgIpc) is 2.54. The minimum atomic E-state index is -3.80. The van der Waals surface area contributed by atoms with E-state index in [0.29, 0.717) is 12.4 Å². The lowest BCUT2D eigenvalue weighted by Crippen LogP contribution is -2.42. The van der Waals surface area contributed by atoms with Crippen LogP contribution in [0.3, 0.4) is 0 Å². The van der Waals surface area contributed by atoms with Gasteiger partial charge in [-0.3, -0.25) is 14.9 Å². The van der Waals surface area contributed by atoms with Gasteiger partial charge in [-0.15, -0.1) is 0 Å². The number of hydrogen-bond donors (Lipinski definition) is 3. The number of amides is 3. The smallest absolute Gasteiger partial charge is 0.318 e. The predicted octanol–water partition coefficient (Wildman–Crippen LogP) is -0.120. The lowest BCUT2D eigenvalue weighted by Gasteiger charge is -2.12. The lowest BCUT2D eigenvalue weighted by molar-refractivity contribution is -0.154. The number of primary amides is 1. The highest BCUT2D eigenvalue weighted by atomic mass is 32.2. The van der Waals surface area contributed by atoms with Gasteiger partial charge in [0.1, 0.15) is 5.75 Å². The third-order valence-electron chi connectivity index (χ3n) is 2.99. The minimum absolute atomic E-state index is 0.0172. The van der Waals surface area contributed by atoms with Crippen molar-refractivity contribution in [3.05, 3.63) is 24.3 Å². The molecule has 10 nitrogen and oxygen atoms in total. The van der Waals surface area contributed by atoms with Gasteiger partial charge in [-0.1, -0.05) is 0 Å². The van der Waals surface area contributed by atoms with E-state index in [-0.39, 0.29) is 17.9 Å². The Morgan fingerprint density at radius 1 is 1.19 bits per heavy atom. The molecule has 26 heavy (non-hydrogen) atoms. The van der Waals surface area contributed by atoms with Crippen molar-refractivity contribution >= 4 is 27.9 Å². The predicted molar refractivity (Wildman–Crippen MR) is 90.7 cm³/mol. The van der Waals surface area contributed by atoms with Crippen molar-refractivity contribution < 1.29 is 32.3 Å². The molecule has 0 saturated heterocycles. The number of carbonyl (C=O) groups excluding carboxylic acids is 3. The van der Waals surface area contributed by atoms with E-state index in [4.69, 9.17) is 15.2 Å². The van der Waals surface area contributed by atoms with Crippen molar-refractivity contribution in [2.45, 2.75) is 31.3 Å². The van der Waals surface area contributed by atoms with Gasteiger partial charge in [-0.25, -0.2) is 17.9 Å². The second-order valence-corrected chi connectivity index (χ2v) is 6.80. The molecule has 1 aromatic rings. The topological polar surface area (TPSA) is 154 Å². The zero-order valence-corrected chi connectivity index (χ0v) is 15.2. The van der Waals surface area contributed by atoms with Crippen LogP contribution >= 0.6 is 0 Å². The first-order valence-corrected chi connectivity index (χ1v) is 9.16. The molecule has 0 aliphatic heterocycles. The molecule has 0 heterocycles. The normalized spacial score (nSPS) is 12.1. The number of nitrogens with one attached hydrogen (secondary N) is 2. The van der Waals surface area contributed by atoms with E-state index in [1.165, 1.54) is 31.2 Å². The number of rotatable bonds is 9. The highest BCUT2D eigenvalue weighted by Gasteiger charge is 2.20. The summed E-state index contributed by atoms with van der Waals surface area (Å²) in [6, 6.07) is 4.72. The maximum absolute atomic E-state index is 12.1. The molecule has 1 atom stereocenters. The Hall–Kier alpha value is -2.66. The van der Waals surface area contributed by atoms with E-state index in [0.717, 1.165) is 0 Å². The van der Waals surface area contributed by atoms with Crippen molar-refractivity contribution in [2.24, 2.45) is 5.73 Å². The van der Waals surface area contributed by atoms with Crippen LogP contribution in [0.5, 0.6) is 5.75 Å². The van der Waals surface area contributed by atoms with Gasteiger partial charge in [0, 0.05) is 6.54 Å². The molecule has 0 radical (unpaired) electrons. The summed E-state index contributed by atoms with van der Waals surface area (Å²) in [5.74, 6) is -1.15. The molecule has 1 unspecified atom stereocenters. The Morgan fingerprint density at radius 3 is 2.35 bits per heavy atom. The van der Waals surface area contributed by atoms with Crippen molar-refractivity contribution in [2.75, 3.05) is 13.2 Å². The number of esters is 1. The fourth-order valence-corrected chi connectivity index (χ4v) is 2.82. The van der Waals surface area contributed by atoms with Crippen LogP contribution in [-0.4, -0.2) is 45.6 Å². The van der Waals surface area contributed by atoms with Crippen LogP contribution in [-0.2, 0) is 24.3 Å². The summed E-state index contributed by atoms with van der Waals surface area (Å²) in [6.45, 7) is 3.30. The van der Waals surface area contributed by atoms with Gasteiger partial charge in [0.15, 0.2) is 6.10 Å². The minimum Gasteiger partial charge on any atom is -0.494 e. The highest BCUT2D eigenvalue weighted by Crippen LogP contribution is 2.15. The van der Waals surface area contributed by atoms with Crippen molar-refractivity contribution in [3.8, 4) is 5.75 Å². The monoisotopic (exact) mass is 387 g/mol. The van der Waals surface area contributed by atoms with Crippen molar-refractivity contribution in [3.63, 3.8) is 0 Å². The largest absolute Gasteiger partial charge is 0.494 e. The van der Waals surface area contributed by atoms with Crippen molar-refractivity contribution in [1.29, 1.82) is 0 Å². The number of carbonyl (C=O) groups is 3. The van der Waals surface area contributed by atoms with E-state index >= 15 is 0 Å². The molecule has 3 amide bonds. The molecular weight excluding hydrogens is 366 g/mol. The molecule has 4 N–H and O–H groups in total. The van der Waals surface area contributed by atoms with E-state index in [9.17, 15) is 22.8 Å². The van der Waals surface area contributed by atoms with Crippen LogP contribution in [0.1, 0.15) is 20.3 Å². The van der Waals surface area contributed by atoms with Crippen LogP contribution in [0.15, 0.2) is 29.2 Å². The third-order valence-corrected chi connectivity index (χ3v) is 4.47. The first-order chi connectivity index (χ1) is 12.2. The Balaban J connectivity index is 2.49. The fraction of sp³-hybridized carbons (Fsp3) is 0.400. The molecule has 0 saturated carbocycles. The van der Waals surface area contributed by atoms with E-state index in [1.807, 2.05) is 6.92 Å². The number of sulfonamides is 1. The third kappa shape index (κ3) is 7.07. The van der Waals surface area contributed by atoms with E-state index in [1.54, 1.807) is 5.32 Å². The molecule has 0 fully saturated rings.